The fourth-order valence-electron chi connectivity index (χ4n) is 5.04. The Morgan fingerprint density at radius 3 is 1.66 bits per heavy atom. The van der Waals surface area contributed by atoms with Crippen LogP contribution in [0, 0.1) is 27.7 Å². The average Bonchev–Trinajstić information content (AvgIpc) is 3.25. The minimum absolute atomic E-state index is 0.0614. The molecule has 3 nitrogen and oxygen atoms in total. The SMILES string of the molecule is Cc1ccc(N2CCN(c3ccc(C)cc3)C2c2cc(Br)ccc2Nc2cc(C)cc(C)c2)cc1. The van der Waals surface area contributed by atoms with Crippen molar-refractivity contribution >= 4 is 38.7 Å². The van der Waals surface area contributed by atoms with E-state index in [-0.39, 0.29) is 6.17 Å². The second-order valence-electron chi connectivity index (χ2n) is 9.66. The number of nitrogens with one attached hydrogen (secondary N) is 1. The maximum Gasteiger partial charge on any atom is 0.130 e. The number of halogens is 1. The molecule has 1 aliphatic rings. The molecule has 0 bridgehead atoms. The van der Waals surface area contributed by atoms with E-state index in [1.807, 2.05) is 0 Å². The van der Waals surface area contributed by atoms with E-state index in [1.54, 1.807) is 0 Å². The van der Waals surface area contributed by atoms with Crippen LogP contribution in [-0.4, -0.2) is 13.1 Å². The van der Waals surface area contributed by atoms with E-state index in [0.717, 1.165) is 28.9 Å². The van der Waals surface area contributed by atoms with Crippen LogP contribution in [0.1, 0.15) is 34.0 Å². The minimum atomic E-state index is 0.0614. The lowest BCUT2D eigenvalue weighted by molar-refractivity contribution is 0.718. The van der Waals surface area contributed by atoms with E-state index in [0.29, 0.717) is 0 Å². The second-order valence-corrected chi connectivity index (χ2v) is 10.6. The summed E-state index contributed by atoms with van der Waals surface area (Å²) in [7, 11) is 0. The van der Waals surface area contributed by atoms with Crippen LogP contribution >= 0.6 is 15.9 Å². The van der Waals surface area contributed by atoms with E-state index in [2.05, 4.69) is 144 Å². The van der Waals surface area contributed by atoms with Crippen molar-refractivity contribution in [2.45, 2.75) is 33.9 Å². The van der Waals surface area contributed by atoms with Gasteiger partial charge >= 0.3 is 0 Å². The van der Waals surface area contributed by atoms with Crippen LogP contribution in [-0.2, 0) is 0 Å². The maximum absolute atomic E-state index is 3.76. The summed E-state index contributed by atoms with van der Waals surface area (Å²) in [5.41, 5.74) is 11.0. The van der Waals surface area contributed by atoms with Crippen molar-refractivity contribution in [1.82, 2.24) is 0 Å². The summed E-state index contributed by atoms with van der Waals surface area (Å²) in [6.07, 6.45) is 0.0614. The van der Waals surface area contributed by atoms with Crippen molar-refractivity contribution in [2.75, 3.05) is 28.2 Å². The molecule has 5 rings (SSSR count). The lowest BCUT2D eigenvalue weighted by Gasteiger charge is -2.35. The van der Waals surface area contributed by atoms with Gasteiger partial charge in [-0.3, -0.25) is 0 Å². The summed E-state index contributed by atoms with van der Waals surface area (Å²) in [5, 5.41) is 3.75. The van der Waals surface area contributed by atoms with Crippen molar-refractivity contribution in [3.05, 3.63) is 117 Å². The molecule has 1 aliphatic heterocycles. The molecule has 0 aliphatic carbocycles. The fraction of sp³-hybridized carbons (Fsp3) is 0.226. The highest BCUT2D eigenvalue weighted by Crippen LogP contribution is 2.42. The lowest BCUT2D eigenvalue weighted by atomic mass is 10.1. The van der Waals surface area contributed by atoms with Gasteiger partial charge in [0.15, 0.2) is 0 Å². The number of anilines is 4. The number of rotatable bonds is 5. The summed E-state index contributed by atoms with van der Waals surface area (Å²) in [4.78, 5) is 5.04. The van der Waals surface area contributed by atoms with Crippen molar-refractivity contribution < 1.29 is 0 Å². The lowest BCUT2D eigenvalue weighted by Crippen LogP contribution is -2.31. The molecule has 4 heteroatoms. The highest BCUT2D eigenvalue weighted by Gasteiger charge is 2.35. The largest absolute Gasteiger partial charge is 0.355 e. The van der Waals surface area contributed by atoms with Gasteiger partial charge in [-0.05, 0) is 93.4 Å². The summed E-state index contributed by atoms with van der Waals surface area (Å²) < 4.78 is 1.08. The molecule has 0 spiro atoms. The molecule has 4 aromatic carbocycles. The number of hydrogen-bond acceptors (Lipinski definition) is 3. The first-order chi connectivity index (χ1) is 16.9. The Balaban J connectivity index is 1.62. The van der Waals surface area contributed by atoms with Crippen LogP contribution in [0.15, 0.2) is 89.4 Å². The van der Waals surface area contributed by atoms with Gasteiger partial charge in [-0.1, -0.05) is 57.4 Å². The Bertz CT molecular complexity index is 1250. The van der Waals surface area contributed by atoms with Gasteiger partial charge in [0.25, 0.3) is 0 Å². The topological polar surface area (TPSA) is 18.5 Å². The predicted octanol–water partition coefficient (Wildman–Crippen LogP) is 8.45. The third-order valence-corrected chi connectivity index (χ3v) is 7.19. The molecule has 35 heavy (non-hydrogen) atoms. The van der Waals surface area contributed by atoms with Crippen LogP contribution in [0.3, 0.4) is 0 Å². The number of aryl methyl sites for hydroxylation is 4. The Kier molecular flexibility index (Phi) is 6.57. The van der Waals surface area contributed by atoms with Crippen molar-refractivity contribution in [1.29, 1.82) is 0 Å². The quantitative estimate of drug-likeness (QED) is 0.282. The Hall–Kier alpha value is -3.24. The van der Waals surface area contributed by atoms with Gasteiger partial charge in [-0.2, -0.15) is 0 Å². The third-order valence-electron chi connectivity index (χ3n) is 6.70. The van der Waals surface area contributed by atoms with Crippen LogP contribution in [0.25, 0.3) is 0 Å². The Morgan fingerprint density at radius 2 is 1.14 bits per heavy atom. The molecule has 0 aromatic heterocycles. The highest BCUT2D eigenvalue weighted by molar-refractivity contribution is 9.10. The number of nitrogens with zero attached hydrogens (tertiary/aromatic N) is 2. The number of benzene rings is 4. The molecule has 1 N–H and O–H groups in total. The van der Waals surface area contributed by atoms with E-state index in [1.165, 1.54) is 39.2 Å². The first kappa shape index (κ1) is 23.5. The van der Waals surface area contributed by atoms with E-state index in [9.17, 15) is 0 Å². The van der Waals surface area contributed by atoms with Gasteiger partial charge in [0.2, 0.25) is 0 Å². The molecule has 1 fully saturated rings. The molecule has 178 valence electrons. The van der Waals surface area contributed by atoms with Crippen LogP contribution < -0.4 is 15.1 Å². The molecular formula is C31H32BrN3. The molecule has 1 saturated heterocycles. The third kappa shape index (κ3) is 5.08. The normalized spacial score (nSPS) is 14.0. The number of hydrogen-bond donors (Lipinski definition) is 1. The van der Waals surface area contributed by atoms with Crippen molar-refractivity contribution in [3.8, 4) is 0 Å². The zero-order chi connectivity index (χ0) is 24.5. The molecule has 0 amide bonds. The summed E-state index contributed by atoms with van der Waals surface area (Å²) >= 11 is 3.76. The predicted molar refractivity (Wildman–Crippen MR) is 153 cm³/mol. The van der Waals surface area contributed by atoms with E-state index in [4.69, 9.17) is 0 Å². The van der Waals surface area contributed by atoms with Gasteiger partial charge < -0.3 is 15.1 Å². The summed E-state index contributed by atoms with van der Waals surface area (Å²) in [5.74, 6) is 0. The monoisotopic (exact) mass is 525 g/mol. The molecule has 1 heterocycles. The second kappa shape index (κ2) is 9.79. The van der Waals surface area contributed by atoms with Gasteiger partial charge in [-0.15, -0.1) is 0 Å². The van der Waals surface area contributed by atoms with Crippen molar-refractivity contribution in [3.63, 3.8) is 0 Å². The smallest absolute Gasteiger partial charge is 0.130 e. The van der Waals surface area contributed by atoms with Crippen LogP contribution in [0.4, 0.5) is 22.7 Å². The molecule has 0 saturated carbocycles. The van der Waals surface area contributed by atoms with E-state index < -0.39 is 0 Å². The molecule has 0 atom stereocenters. The zero-order valence-corrected chi connectivity index (χ0v) is 22.4. The zero-order valence-electron chi connectivity index (χ0n) is 20.8. The van der Waals surface area contributed by atoms with Crippen molar-refractivity contribution in [2.24, 2.45) is 0 Å². The molecule has 0 radical (unpaired) electrons. The fourth-order valence-corrected chi connectivity index (χ4v) is 5.42. The van der Waals surface area contributed by atoms with Gasteiger partial charge in [-0.25, -0.2) is 0 Å². The Labute approximate surface area is 217 Å². The minimum Gasteiger partial charge on any atom is -0.355 e. The standard InChI is InChI=1S/C31H32BrN3/c1-21-5-10-27(11-6-21)34-15-16-35(28-12-7-22(2)8-13-28)31(34)29-20-25(32)9-14-30(29)33-26-18-23(3)17-24(4)19-26/h5-14,17-20,31,33H,15-16H2,1-4H3. The van der Waals surface area contributed by atoms with Gasteiger partial charge in [0.1, 0.15) is 6.17 Å². The van der Waals surface area contributed by atoms with Gasteiger partial charge in [0, 0.05) is 45.9 Å². The molecule has 4 aromatic rings. The first-order valence-electron chi connectivity index (χ1n) is 12.2. The Morgan fingerprint density at radius 1 is 0.629 bits per heavy atom. The van der Waals surface area contributed by atoms with E-state index >= 15 is 0 Å². The average molecular weight is 527 g/mol. The maximum atomic E-state index is 3.76. The first-order valence-corrected chi connectivity index (χ1v) is 13.0. The summed E-state index contributed by atoms with van der Waals surface area (Å²) in [6, 6.07) is 31.0. The molecule has 0 unspecified atom stereocenters. The highest BCUT2D eigenvalue weighted by atomic mass is 79.9. The summed E-state index contributed by atoms with van der Waals surface area (Å²) in [6.45, 7) is 10.5. The van der Waals surface area contributed by atoms with Gasteiger partial charge in [0.05, 0.1) is 0 Å². The molecular weight excluding hydrogens is 494 g/mol. The van der Waals surface area contributed by atoms with Crippen LogP contribution in [0.5, 0.6) is 0 Å². The van der Waals surface area contributed by atoms with Crippen LogP contribution in [0.2, 0.25) is 0 Å².